The molecule has 0 aliphatic carbocycles. The van der Waals surface area contributed by atoms with Gasteiger partial charge in [-0.15, -0.1) is 0 Å². The lowest BCUT2D eigenvalue weighted by molar-refractivity contribution is -0.121. The van der Waals surface area contributed by atoms with Gasteiger partial charge in [0.05, 0.1) is 0 Å². The van der Waals surface area contributed by atoms with Crippen LogP contribution in [-0.4, -0.2) is 23.7 Å². The molecule has 0 bridgehead atoms. The van der Waals surface area contributed by atoms with Crippen LogP contribution in [0, 0.1) is 0 Å². The number of amides is 1. The van der Waals surface area contributed by atoms with Crippen molar-refractivity contribution in [2.45, 2.75) is 64.8 Å². The molecule has 3 heteroatoms. The number of hydrogen-bond donors (Lipinski definition) is 2. The van der Waals surface area contributed by atoms with Crippen molar-refractivity contribution >= 4 is 5.91 Å². The molecule has 0 aromatic heterocycles. The zero-order chi connectivity index (χ0) is 11.5. The van der Waals surface area contributed by atoms with Crippen LogP contribution in [0.4, 0.5) is 0 Å². The van der Waals surface area contributed by atoms with Gasteiger partial charge in [-0.05, 0) is 19.8 Å². The van der Waals surface area contributed by atoms with Crippen LogP contribution in [0.3, 0.4) is 0 Å². The molecule has 0 saturated heterocycles. The van der Waals surface area contributed by atoms with Gasteiger partial charge in [0.25, 0.3) is 0 Å². The largest absolute Gasteiger partial charge is 0.396 e. The summed E-state index contributed by atoms with van der Waals surface area (Å²) in [7, 11) is 0. The van der Waals surface area contributed by atoms with E-state index in [9.17, 15) is 4.79 Å². The van der Waals surface area contributed by atoms with E-state index in [0.717, 1.165) is 12.8 Å². The minimum absolute atomic E-state index is 0.0955. The molecule has 1 amide bonds. The van der Waals surface area contributed by atoms with Crippen LogP contribution in [0.5, 0.6) is 0 Å². The van der Waals surface area contributed by atoms with Crippen molar-refractivity contribution < 1.29 is 9.90 Å². The van der Waals surface area contributed by atoms with E-state index < -0.39 is 0 Å². The van der Waals surface area contributed by atoms with Crippen LogP contribution in [0.2, 0.25) is 0 Å². The zero-order valence-corrected chi connectivity index (χ0v) is 10.1. The molecule has 0 aromatic carbocycles. The standard InChI is InChI=1S/C12H25NO2/c1-3-4-5-6-7-8-12(15)13-11(2)9-10-14/h11,14H,3-10H2,1-2H3,(H,13,15). The van der Waals surface area contributed by atoms with E-state index >= 15 is 0 Å². The van der Waals surface area contributed by atoms with Crippen LogP contribution in [0.25, 0.3) is 0 Å². The lowest BCUT2D eigenvalue weighted by atomic mass is 10.1. The molecule has 0 spiro atoms. The van der Waals surface area contributed by atoms with Crippen molar-refractivity contribution in [3.63, 3.8) is 0 Å². The van der Waals surface area contributed by atoms with E-state index in [1.165, 1.54) is 19.3 Å². The van der Waals surface area contributed by atoms with E-state index in [2.05, 4.69) is 12.2 Å². The van der Waals surface area contributed by atoms with Gasteiger partial charge in [0, 0.05) is 19.1 Å². The van der Waals surface area contributed by atoms with Crippen LogP contribution < -0.4 is 5.32 Å². The van der Waals surface area contributed by atoms with Crippen molar-refractivity contribution in [1.29, 1.82) is 0 Å². The van der Waals surface area contributed by atoms with Gasteiger partial charge in [0.2, 0.25) is 5.91 Å². The summed E-state index contributed by atoms with van der Waals surface area (Å²) in [5, 5.41) is 11.5. The summed E-state index contributed by atoms with van der Waals surface area (Å²) in [6.45, 7) is 4.24. The predicted molar refractivity (Wildman–Crippen MR) is 62.7 cm³/mol. The highest BCUT2D eigenvalue weighted by molar-refractivity contribution is 5.76. The Morgan fingerprint density at radius 2 is 1.93 bits per heavy atom. The summed E-state index contributed by atoms with van der Waals surface area (Å²) in [6, 6.07) is 0.0955. The summed E-state index contributed by atoms with van der Waals surface area (Å²) in [5.41, 5.74) is 0. The maximum atomic E-state index is 11.4. The van der Waals surface area contributed by atoms with Crippen molar-refractivity contribution in [1.82, 2.24) is 5.32 Å². The molecule has 15 heavy (non-hydrogen) atoms. The van der Waals surface area contributed by atoms with Crippen molar-refractivity contribution in [2.75, 3.05) is 6.61 Å². The van der Waals surface area contributed by atoms with Gasteiger partial charge >= 0.3 is 0 Å². The SMILES string of the molecule is CCCCCCCC(=O)NC(C)CCO. The quantitative estimate of drug-likeness (QED) is 0.579. The molecule has 0 aliphatic heterocycles. The molecule has 0 aliphatic rings. The van der Waals surface area contributed by atoms with Gasteiger partial charge in [-0.1, -0.05) is 32.6 Å². The third-order valence-corrected chi connectivity index (χ3v) is 2.48. The molecule has 0 saturated carbocycles. The topological polar surface area (TPSA) is 49.3 Å². The Hall–Kier alpha value is -0.570. The van der Waals surface area contributed by atoms with Gasteiger partial charge in [-0.3, -0.25) is 4.79 Å². The molecular formula is C12H25NO2. The van der Waals surface area contributed by atoms with Crippen molar-refractivity contribution in [3.05, 3.63) is 0 Å². The number of unbranched alkanes of at least 4 members (excludes halogenated alkanes) is 4. The first-order chi connectivity index (χ1) is 7.20. The summed E-state index contributed by atoms with van der Waals surface area (Å²) in [4.78, 5) is 11.4. The highest BCUT2D eigenvalue weighted by Gasteiger charge is 2.05. The van der Waals surface area contributed by atoms with E-state index in [1.54, 1.807) is 0 Å². The maximum absolute atomic E-state index is 11.4. The Labute approximate surface area is 93.3 Å². The first-order valence-electron chi connectivity index (χ1n) is 6.11. The average Bonchev–Trinajstić information content (AvgIpc) is 2.17. The normalized spacial score (nSPS) is 12.5. The highest BCUT2D eigenvalue weighted by atomic mass is 16.3. The fraction of sp³-hybridized carbons (Fsp3) is 0.917. The molecule has 0 rings (SSSR count). The van der Waals surface area contributed by atoms with E-state index in [-0.39, 0.29) is 18.6 Å². The fourth-order valence-electron chi connectivity index (χ4n) is 1.50. The Kier molecular flexibility index (Phi) is 9.59. The molecule has 0 fully saturated rings. The van der Waals surface area contributed by atoms with Gasteiger partial charge in [0.1, 0.15) is 0 Å². The number of carbonyl (C=O) groups excluding carboxylic acids is 1. The molecule has 1 atom stereocenters. The number of carbonyl (C=O) groups is 1. The molecule has 0 radical (unpaired) electrons. The first kappa shape index (κ1) is 14.4. The van der Waals surface area contributed by atoms with Gasteiger partial charge < -0.3 is 10.4 Å². The number of aliphatic hydroxyl groups is 1. The number of rotatable bonds is 9. The zero-order valence-electron chi connectivity index (χ0n) is 10.1. The van der Waals surface area contributed by atoms with E-state index in [1.807, 2.05) is 6.92 Å². The second-order valence-corrected chi connectivity index (χ2v) is 4.15. The summed E-state index contributed by atoms with van der Waals surface area (Å²) >= 11 is 0. The molecular weight excluding hydrogens is 190 g/mol. The second kappa shape index (κ2) is 9.97. The molecule has 1 unspecified atom stereocenters. The van der Waals surface area contributed by atoms with Crippen LogP contribution >= 0.6 is 0 Å². The maximum Gasteiger partial charge on any atom is 0.220 e. The van der Waals surface area contributed by atoms with Crippen LogP contribution in [0.1, 0.15) is 58.8 Å². The van der Waals surface area contributed by atoms with E-state index in [0.29, 0.717) is 12.8 Å². The monoisotopic (exact) mass is 215 g/mol. The number of hydrogen-bond acceptors (Lipinski definition) is 2. The highest BCUT2D eigenvalue weighted by Crippen LogP contribution is 2.05. The Morgan fingerprint density at radius 3 is 2.53 bits per heavy atom. The summed E-state index contributed by atoms with van der Waals surface area (Å²) in [5.74, 6) is 0.118. The lowest BCUT2D eigenvalue weighted by Gasteiger charge is -2.11. The second-order valence-electron chi connectivity index (χ2n) is 4.15. The fourth-order valence-corrected chi connectivity index (χ4v) is 1.50. The Morgan fingerprint density at radius 1 is 1.27 bits per heavy atom. The van der Waals surface area contributed by atoms with Crippen molar-refractivity contribution in [2.24, 2.45) is 0 Å². The minimum Gasteiger partial charge on any atom is -0.396 e. The molecule has 0 aromatic rings. The summed E-state index contributed by atoms with van der Waals surface area (Å²) < 4.78 is 0. The smallest absolute Gasteiger partial charge is 0.220 e. The van der Waals surface area contributed by atoms with Gasteiger partial charge in [0.15, 0.2) is 0 Å². The summed E-state index contributed by atoms with van der Waals surface area (Å²) in [6.07, 6.45) is 7.13. The van der Waals surface area contributed by atoms with Gasteiger partial charge in [-0.25, -0.2) is 0 Å². The lowest BCUT2D eigenvalue weighted by Crippen LogP contribution is -2.32. The van der Waals surface area contributed by atoms with Crippen molar-refractivity contribution in [3.8, 4) is 0 Å². The minimum atomic E-state index is 0.0955. The third-order valence-electron chi connectivity index (χ3n) is 2.48. The first-order valence-corrected chi connectivity index (χ1v) is 6.11. The van der Waals surface area contributed by atoms with E-state index in [4.69, 9.17) is 5.11 Å². The van der Waals surface area contributed by atoms with Crippen LogP contribution in [-0.2, 0) is 4.79 Å². The van der Waals surface area contributed by atoms with Crippen LogP contribution in [0.15, 0.2) is 0 Å². The Bertz CT molecular complexity index is 160. The predicted octanol–water partition coefficient (Wildman–Crippen LogP) is 2.23. The number of nitrogens with one attached hydrogen (secondary N) is 1. The number of aliphatic hydroxyl groups excluding tert-OH is 1. The Balaban J connectivity index is 3.32. The van der Waals surface area contributed by atoms with Gasteiger partial charge in [-0.2, -0.15) is 0 Å². The molecule has 3 nitrogen and oxygen atoms in total. The molecule has 2 N–H and O–H groups in total. The molecule has 90 valence electrons. The third kappa shape index (κ3) is 9.73. The average molecular weight is 215 g/mol. The molecule has 0 heterocycles.